The van der Waals surface area contributed by atoms with Gasteiger partial charge in [-0.1, -0.05) is 30.1 Å². The van der Waals surface area contributed by atoms with Crippen molar-refractivity contribution in [1.82, 2.24) is 10.1 Å². The van der Waals surface area contributed by atoms with Gasteiger partial charge in [-0.3, -0.25) is 9.69 Å². The monoisotopic (exact) mass is 343 g/mol. The molecule has 2 aromatic rings. The number of aryl methyl sites for hydroxylation is 1. The first-order valence-electron chi connectivity index (χ1n) is 8.77. The lowest BCUT2D eigenvalue weighted by Crippen LogP contribution is -2.36. The van der Waals surface area contributed by atoms with Crippen LogP contribution in [0.2, 0.25) is 0 Å². The van der Waals surface area contributed by atoms with Crippen LogP contribution in [0, 0.1) is 6.92 Å². The lowest BCUT2D eigenvalue weighted by Gasteiger charge is -2.29. The van der Waals surface area contributed by atoms with Gasteiger partial charge in [-0.05, 0) is 44.0 Å². The molecule has 0 unspecified atom stereocenters. The van der Waals surface area contributed by atoms with Gasteiger partial charge >= 0.3 is 0 Å². The second kappa shape index (κ2) is 8.16. The Bertz CT molecular complexity index is 696. The fourth-order valence-electron chi connectivity index (χ4n) is 3.35. The van der Waals surface area contributed by atoms with Gasteiger partial charge in [0, 0.05) is 12.1 Å². The number of nitrogens with one attached hydrogen (secondary N) is 1. The summed E-state index contributed by atoms with van der Waals surface area (Å²) >= 11 is 0. The molecular weight excluding hydrogens is 318 g/mol. The number of aromatic nitrogens is 1. The molecule has 0 saturated carbocycles. The lowest BCUT2D eigenvalue weighted by atomic mass is 10.0. The molecule has 0 bridgehead atoms. The van der Waals surface area contributed by atoms with Gasteiger partial charge in [-0.15, -0.1) is 0 Å². The Morgan fingerprint density at radius 3 is 2.80 bits per heavy atom. The Morgan fingerprint density at radius 2 is 2.12 bits per heavy atom. The minimum absolute atomic E-state index is 0.0614. The molecule has 1 atom stereocenters. The molecule has 0 spiro atoms. The van der Waals surface area contributed by atoms with E-state index in [1.54, 1.807) is 20.1 Å². The molecule has 25 heavy (non-hydrogen) atoms. The Hall–Kier alpha value is -2.34. The van der Waals surface area contributed by atoms with Crippen LogP contribution in [0.1, 0.15) is 43.0 Å². The van der Waals surface area contributed by atoms with Gasteiger partial charge in [-0.2, -0.15) is 0 Å². The van der Waals surface area contributed by atoms with Crippen LogP contribution in [0.15, 0.2) is 34.9 Å². The highest BCUT2D eigenvalue weighted by atomic mass is 16.5. The van der Waals surface area contributed by atoms with Gasteiger partial charge < -0.3 is 14.6 Å². The topological polar surface area (TPSA) is 67.6 Å². The number of hydrogen-bond acceptors (Lipinski definition) is 5. The third-order valence-corrected chi connectivity index (χ3v) is 4.61. The summed E-state index contributed by atoms with van der Waals surface area (Å²) in [5.74, 6) is 1.94. The first kappa shape index (κ1) is 17.5. The van der Waals surface area contributed by atoms with Crippen LogP contribution in [-0.4, -0.2) is 36.2 Å². The van der Waals surface area contributed by atoms with E-state index in [9.17, 15) is 4.79 Å². The zero-order valence-electron chi connectivity index (χ0n) is 14.8. The number of anilines is 1. The second-order valence-electron chi connectivity index (χ2n) is 6.48. The van der Waals surface area contributed by atoms with E-state index in [4.69, 9.17) is 9.26 Å². The molecular formula is C19H25N3O3. The molecule has 1 aliphatic heterocycles. The highest BCUT2D eigenvalue weighted by Gasteiger charge is 2.24. The van der Waals surface area contributed by atoms with Gasteiger partial charge in [0.05, 0.1) is 13.7 Å². The fraction of sp³-hybridized carbons (Fsp3) is 0.474. The van der Waals surface area contributed by atoms with Gasteiger partial charge in [0.2, 0.25) is 5.91 Å². The van der Waals surface area contributed by atoms with E-state index in [0.717, 1.165) is 25.1 Å². The molecule has 134 valence electrons. The number of amides is 1. The van der Waals surface area contributed by atoms with Crippen LogP contribution in [0.3, 0.4) is 0 Å². The van der Waals surface area contributed by atoms with Crippen LogP contribution in [-0.2, 0) is 4.79 Å². The quantitative estimate of drug-likeness (QED) is 0.899. The molecule has 1 aromatic heterocycles. The summed E-state index contributed by atoms with van der Waals surface area (Å²) < 4.78 is 10.2. The number of nitrogens with zero attached hydrogens (tertiary/aromatic N) is 2. The summed E-state index contributed by atoms with van der Waals surface area (Å²) in [5, 5.41) is 6.64. The molecule has 1 amide bonds. The summed E-state index contributed by atoms with van der Waals surface area (Å²) in [4.78, 5) is 14.7. The molecule has 0 radical (unpaired) electrons. The predicted octanol–water partition coefficient (Wildman–Crippen LogP) is 3.55. The fourth-order valence-corrected chi connectivity index (χ4v) is 3.35. The van der Waals surface area contributed by atoms with E-state index in [0.29, 0.717) is 18.1 Å². The Morgan fingerprint density at radius 1 is 1.32 bits per heavy atom. The van der Waals surface area contributed by atoms with E-state index >= 15 is 0 Å². The Kier molecular flexibility index (Phi) is 5.71. The zero-order valence-corrected chi connectivity index (χ0v) is 14.8. The van der Waals surface area contributed by atoms with Crippen LogP contribution < -0.4 is 10.1 Å². The van der Waals surface area contributed by atoms with Crippen molar-refractivity contribution in [3.05, 3.63) is 41.7 Å². The average Bonchev–Trinajstić information content (AvgIpc) is 2.88. The summed E-state index contributed by atoms with van der Waals surface area (Å²) in [6.45, 7) is 3.07. The van der Waals surface area contributed by atoms with Gasteiger partial charge in [0.25, 0.3) is 0 Å². The number of benzene rings is 1. The highest BCUT2D eigenvalue weighted by molar-refractivity contribution is 5.91. The number of carbonyl (C=O) groups excluding carboxylic acids is 1. The molecule has 1 N–H and O–H groups in total. The smallest absolute Gasteiger partial charge is 0.239 e. The number of ether oxygens (including phenoxy) is 1. The normalized spacial score (nSPS) is 18.6. The molecule has 1 aromatic carbocycles. The highest BCUT2D eigenvalue weighted by Crippen LogP contribution is 2.31. The van der Waals surface area contributed by atoms with Crippen LogP contribution in [0.5, 0.6) is 5.75 Å². The minimum Gasteiger partial charge on any atom is -0.497 e. The largest absolute Gasteiger partial charge is 0.497 e. The Labute approximate surface area is 148 Å². The van der Waals surface area contributed by atoms with Crippen molar-refractivity contribution in [2.24, 2.45) is 0 Å². The number of methoxy groups -OCH3 is 1. The van der Waals surface area contributed by atoms with E-state index in [-0.39, 0.29) is 11.9 Å². The van der Waals surface area contributed by atoms with E-state index in [1.165, 1.54) is 18.4 Å². The van der Waals surface area contributed by atoms with Crippen LogP contribution in [0.25, 0.3) is 0 Å². The van der Waals surface area contributed by atoms with Gasteiger partial charge in [0.15, 0.2) is 5.82 Å². The molecule has 2 heterocycles. The van der Waals surface area contributed by atoms with E-state index < -0.39 is 0 Å². The van der Waals surface area contributed by atoms with Crippen molar-refractivity contribution in [2.75, 3.05) is 25.5 Å². The van der Waals surface area contributed by atoms with Crippen LogP contribution in [0.4, 0.5) is 5.82 Å². The SMILES string of the molecule is COc1ccc([C@H]2CCCCCN2CC(=O)Nc2cc(C)on2)cc1. The first-order chi connectivity index (χ1) is 12.2. The summed E-state index contributed by atoms with van der Waals surface area (Å²) in [6, 6.07) is 10.1. The molecule has 6 heteroatoms. The average molecular weight is 343 g/mol. The minimum atomic E-state index is -0.0614. The number of likely N-dealkylation sites (tertiary alicyclic amines) is 1. The van der Waals surface area contributed by atoms with Crippen molar-refractivity contribution in [1.29, 1.82) is 0 Å². The van der Waals surface area contributed by atoms with E-state index in [1.807, 2.05) is 12.1 Å². The summed E-state index contributed by atoms with van der Waals surface area (Å²) in [5.41, 5.74) is 1.23. The van der Waals surface area contributed by atoms with Crippen molar-refractivity contribution >= 4 is 11.7 Å². The standard InChI is InChI=1S/C19H25N3O3/c1-14-12-18(21-25-14)20-19(23)13-22-11-5-3-4-6-17(22)15-7-9-16(24-2)10-8-15/h7-10,12,17H,3-6,11,13H2,1-2H3,(H,20,21,23)/t17-/m1/s1. The van der Waals surface area contributed by atoms with Crippen molar-refractivity contribution < 1.29 is 14.1 Å². The maximum Gasteiger partial charge on any atom is 0.239 e. The maximum absolute atomic E-state index is 12.4. The van der Waals surface area contributed by atoms with Crippen molar-refractivity contribution in [2.45, 2.75) is 38.6 Å². The first-order valence-corrected chi connectivity index (χ1v) is 8.77. The second-order valence-corrected chi connectivity index (χ2v) is 6.48. The van der Waals surface area contributed by atoms with Crippen molar-refractivity contribution in [3.63, 3.8) is 0 Å². The molecule has 0 aliphatic carbocycles. The number of carbonyl (C=O) groups is 1. The van der Waals surface area contributed by atoms with Gasteiger partial charge in [-0.25, -0.2) is 0 Å². The number of hydrogen-bond donors (Lipinski definition) is 1. The third kappa shape index (κ3) is 4.60. The zero-order chi connectivity index (χ0) is 17.6. The van der Waals surface area contributed by atoms with Crippen molar-refractivity contribution in [3.8, 4) is 5.75 Å². The van der Waals surface area contributed by atoms with E-state index in [2.05, 4.69) is 27.5 Å². The Balaban J connectivity index is 1.69. The molecule has 1 aliphatic rings. The molecule has 3 rings (SSSR count). The number of rotatable bonds is 5. The van der Waals surface area contributed by atoms with Gasteiger partial charge in [0.1, 0.15) is 11.5 Å². The molecule has 6 nitrogen and oxygen atoms in total. The summed E-state index contributed by atoms with van der Waals surface area (Å²) in [7, 11) is 1.67. The maximum atomic E-state index is 12.4. The molecule has 1 saturated heterocycles. The lowest BCUT2D eigenvalue weighted by molar-refractivity contribution is -0.117. The predicted molar refractivity (Wildman–Crippen MR) is 95.6 cm³/mol. The molecule has 1 fully saturated rings. The third-order valence-electron chi connectivity index (χ3n) is 4.61. The van der Waals surface area contributed by atoms with Crippen LogP contribution >= 0.6 is 0 Å². The summed E-state index contributed by atoms with van der Waals surface area (Å²) in [6.07, 6.45) is 4.55.